The molecule has 0 saturated heterocycles. The average molecular weight is 399 g/mol. The smallest absolute Gasteiger partial charge is 0.550 e. The summed E-state index contributed by atoms with van der Waals surface area (Å²) in [5, 5.41) is 20.7. The van der Waals surface area contributed by atoms with Crippen LogP contribution in [0.4, 0.5) is 0 Å². The summed E-state index contributed by atoms with van der Waals surface area (Å²) in [7, 11) is 0. The molecule has 0 heterocycles. The van der Waals surface area contributed by atoms with E-state index >= 15 is 0 Å². The molecule has 21 heavy (non-hydrogen) atoms. The van der Waals surface area contributed by atoms with E-state index < -0.39 is 11.9 Å². The fraction of sp³-hybridized carbons (Fsp3) is 0.875. The monoisotopic (exact) mass is 400 g/mol. The number of carboxylic acids is 2. The van der Waals surface area contributed by atoms with Gasteiger partial charge in [-0.05, 0) is 37.5 Å². The zero-order chi connectivity index (χ0) is 16.0. The van der Waals surface area contributed by atoms with Crippen molar-refractivity contribution in [3.05, 3.63) is 0 Å². The number of unbranched alkanes of at least 4 members (excludes halogenated alkanes) is 2. The number of carbonyl (C=O) groups excluding carboxylic acids is 2. The molecule has 2 unspecified atom stereocenters. The van der Waals surface area contributed by atoms with Gasteiger partial charge in [0.1, 0.15) is 0 Å². The van der Waals surface area contributed by atoms with Crippen molar-refractivity contribution in [3.8, 4) is 0 Å². The van der Waals surface area contributed by atoms with Crippen LogP contribution in [0.5, 0.6) is 0 Å². The van der Waals surface area contributed by atoms with Crippen molar-refractivity contribution in [1.82, 2.24) is 0 Å². The molecule has 2 atom stereocenters. The van der Waals surface area contributed by atoms with E-state index in [0.717, 1.165) is 38.5 Å². The zero-order valence-corrected chi connectivity index (χ0v) is 18.2. The average Bonchev–Trinajstić information content (AvgIpc) is 2.40. The minimum absolute atomic E-state index is 0. The van der Waals surface area contributed by atoms with Crippen LogP contribution in [0.1, 0.15) is 79.1 Å². The first-order chi connectivity index (χ1) is 9.44. The van der Waals surface area contributed by atoms with Crippen molar-refractivity contribution in [1.29, 1.82) is 0 Å². The summed E-state index contributed by atoms with van der Waals surface area (Å²) >= 11 is 0. The first-order valence-electron chi connectivity index (χ1n) is 7.86. The molecule has 0 N–H and O–H groups in total. The van der Waals surface area contributed by atoms with Crippen molar-refractivity contribution in [3.63, 3.8) is 0 Å². The molecule has 0 bridgehead atoms. The molecule has 5 heteroatoms. The molecular formula is C16H30CdO4. The summed E-state index contributed by atoms with van der Waals surface area (Å²) < 4.78 is 0. The maximum atomic E-state index is 10.3. The van der Waals surface area contributed by atoms with Gasteiger partial charge in [-0.3, -0.25) is 0 Å². The molecule has 0 amide bonds. The van der Waals surface area contributed by atoms with Gasteiger partial charge >= 0.3 is 27.3 Å². The Morgan fingerprint density at radius 3 is 1.19 bits per heavy atom. The van der Waals surface area contributed by atoms with Crippen LogP contribution < -0.4 is 10.2 Å². The van der Waals surface area contributed by atoms with Gasteiger partial charge in [0, 0.05) is 11.9 Å². The minimum Gasteiger partial charge on any atom is -0.550 e. The van der Waals surface area contributed by atoms with Crippen molar-refractivity contribution < 1.29 is 47.1 Å². The van der Waals surface area contributed by atoms with Gasteiger partial charge in [-0.1, -0.05) is 53.4 Å². The predicted molar refractivity (Wildman–Crippen MR) is 76.6 cm³/mol. The van der Waals surface area contributed by atoms with Crippen LogP contribution in [0.3, 0.4) is 0 Å². The van der Waals surface area contributed by atoms with E-state index in [9.17, 15) is 19.8 Å². The third-order valence-corrected chi connectivity index (χ3v) is 3.46. The number of rotatable bonds is 10. The summed E-state index contributed by atoms with van der Waals surface area (Å²) in [4.78, 5) is 20.7. The van der Waals surface area contributed by atoms with Crippen molar-refractivity contribution in [2.45, 2.75) is 79.1 Å². The first kappa shape index (κ1) is 25.8. The van der Waals surface area contributed by atoms with Gasteiger partial charge in [-0.15, -0.1) is 0 Å². The molecule has 0 spiro atoms. The van der Waals surface area contributed by atoms with Gasteiger partial charge in [0.25, 0.3) is 0 Å². The van der Waals surface area contributed by atoms with E-state index in [1.807, 2.05) is 13.8 Å². The van der Waals surface area contributed by atoms with Crippen LogP contribution in [0.15, 0.2) is 0 Å². The molecule has 0 aliphatic heterocycles. The molecule has 0 saturated carbocycles. The number of aliphatic carboxylic acids is 2. The van der Waals surface area contributed by atoms with Gasteiger partial charge < -0.3 is 19.8 Å². The molecule has 0 aromatic carbocycles. The SMILES string of the molecule is CCCCC(CC)C(=O)[O-].CCCCC(CC)C(=O)[O-].[Cd+2]. The standard InChI is InChI=1S/2C8H16O2.Cd/c2*1-3-5-6-7(4-2)8(9)10;/h2*7H,3-6H2,1-2H3,(H,9,10);/q;;+2/p-2. The number of carboxylic acid groups (broad SMARTS) is 2. The first-order valence-corrected chi connectivity index (χ1v) is 7.86. The molecular weight excluding hydrogens is 369 g/mol. The molecule has 0 aliphatic rings. The normalized spacial score (nSPS) is 12.4. The van der Waals surface area contributed by atoms with Crippen LogP contribution in [-0.2, 0) is 36.9 Å². The van der Waals surface area contributed by atoms with E-state index in [2.05, 4.69) is 13.8 Å². The van der Waals surface area contributed by atoms with Crippen LogP contribution >= 0.6 is 0 Å². The fourth-order valence-electron chi connectivity index (χ4n) is 1.88. The largest absolute Gasteiger partial charge is 2.00 e. The summed E-state index contributed by atoms with van der Waals surface area (Å²) in [6, 6.07) is 0. The van der Waals surface area contributed by atoms with Crippen LogP contribution in [0.2, 0.25) is 0 Å². The van der Waals surface area contributed by atoms with Crippen LogP contribution in [-0.4, -0.2) is 11.9 Å². The molecule has 0 rings (SSSR count). The molecule has 0 fully saturated rings. The van der Waals surface area contributed by atoms with Crippen molar-refractivity contribution >= 4 is 11.9 Å². The van der Waals surface area contributed by atoms with E-state index in [4.69, 9.17) is 0 Å². The Morgan fingerprint density at radius 1 is 0.762 bits per heavy atom. The van der Waals surface area contributed by atoms with Gasteiger partial charge in [-0.2, -0.15) is 0 Å². The summed E-state index contributed by atoms with van der Waals surface area (Å²) in [6.07, 6.45) is 7.04. The Hall–Kier alpha value is -0.138. The van der Waals surface area contributed by atoms with Crippen molar-refractivity contribution in [2.24, 2.45) is 11.8 Å². The maximum Gasteiger partial charge on any atom is 2.00 e. The van der Waals surface area contributed by atoms with E-state index in [-0.39, 0.29) is 39.1 Å². The third kappa shape index (κ3) is 16.1. The van der Waals surface area contributed by atoms with Crippen LogP contribution in [0.25, 0.3) is 0 Å². The van der Waals surface area contributed by atoms with E-state index in [1.165, 1.54) is 0 Å². The van der Waals surface area contributed by atoms with Gasteiger partial charge in [0.15, 0.2) is 0 Å². The second kappa shape index (κ2) is 17.9. The third-order valence-electron chi connectivity index (χ3n) is 3.46. The quantitative estimate of drug-likeness (QED) is 0.526. The van der Waals surface area contributed by atoms with Crippen LogP contribution in [0, 0.1) is 11.8 Å². The predicted octanol–water partition coefficient (Wildman–Crippen LogP) is 1.90. The Kier molecular flexibility index (Phi) is 22.0. The van der Waals surface area contributed by atoms with Crippen molar-refractivity contribution in [2.75, 3.05) is 0 Å². The molecule has 120 valence electrons. The Balaban J connectivity index is -0.000000295. The number of carbonyl (C=O) groups is 2. The Bertz CT molecular complexity index is 231. The minimum atomic E-state index is -0.893. The second-order valence-electron chi connectivity index (χ2n) is 5.13. The second-order valence-corrected chi connectivity index (χ2v) is 5.13. The van der Waals surface area contributed by atoms with Gasteiger partial charge in [0.05, 0.1) is 0 Å². The maximum absolute atomic E-state index is 10.3. The summed E-state index contributed by atoms with van der Waals surface area (Å²) in [5.41, 5.74) is 0. The molecule has 0 aliphatic carbocycles. The zero-order valence-electron chi connectivity index (χ0n) is 14.2. The fourth-order valence-corrected chi connectivity index (χ4v) is 1.88. The Labute approximate surface area is 149 Å². The topological polar surface area (TPSA) is 80.3 Å². The van der Waals surface area contributed by atoms with Gasteiger partial charge in [-0.25, -0.2) is 0 Å². The number of hydrogen-bond acceptors (Lipinski definition) is 4. The molecule has 0 aromatic heterocycles. The van der Waals surface area contributed by atoms with E-state index in [0.29, 0.717) is 12.8 Å². The summed E-state index contributed by atoms with van der Waals surface area (Å²) in [5.74, 6) is -2.23. The Morgan fingerprint density at radius 2 is 1.05 bits per heavy atom. The number of hydrogen-bond donors (Lipinski definition) is 0. The van der Waals surface area contributed by atoms with Gasteiger partial charge in [0.2, 0.25) is 0 Å². The summed E-state index contributed by atoms with van der Waals surface area (Å²) in [6.45, 7) is 7.89. The molecule has 0 radical (unpaired) electrons. The molecule has 4 nitrogen and oxygen atoms in total. The molecule has 0 aromatic rings. The van der Waals surface area contributed by atoms with E-state index in [1.54, 1.807) is 0 Å².